The summed E-state index contributed by atoms with van der Waals surface area (Å²) in [4.78, 5) is 15.4. The Morgan fingerprint density at radius 1 is 1.10 bits per heavy atom. The molecule has 154 valence electrons. The third kappa shape index (κ3) is 4.17. The zero-order chi connectivity index (χ0) is 20.2. The van der Waals surface area contributed by atoms with Gasteiger partial charge in [-0.2, -0.15) is 0 Å². The number of carbonyl (C=O) groups is 1. The predicted octanol–water partition coefficient (Wildman–Crippen LogP) is 3.18. The zero-order valence-electron chi connectivity index (χ0n) is 17.0. The van der Waals surface area contributed by atoms with Crippen molar-refractivity contribution in [3.8, 4) is 17.2 Å². The minimum atomic E-state index is -0.679. The molecule has 2 aliphatic heterocycles. The van der Waals surface area contributed by atoms with Crippen LogP contribution in [0.5, 0.6) is 17.2 Å². The molecule has 0 bridgehead atoms. The fraction of sp³-hybridized carbons (Fsp3) is 0.435. The number of rotatable bonds is 6. The number of benzene rings is 2. The van der Waals surface area contributed by atoms with Crippen molar-refractivity contribution in [1.29, 1.82) is 0 Å². The van der Waals surface area contributed by atoms with Gasteiger partial charge in [-0.3, -0.25) is 9.69 Å². The number of para-hydroxylation sites is 3. The van der Waals surface area contributed by atoms with E-state index in [0.29, 0.717) is 18.0 Å². The molecule has 6 nitrogen and oxygen atoms in total. The van der Waals surface area contributed by atoms with Crippen LogP contribution in [0.1, 0.15) is 31.4 Å². The van der Waals surface area contributed by atoms with Gasteiger partial charge in [0.05, 0.1) is 13.2 Å². The van der Waals surface area contributed by atoms with Crippen LogP contribution in [-0.2, 0) is 4.79 Å². The Morgan fingerprint density at radius 3 is 2.48 bits per heavy atom. The first-order chi connectivity index (χ1) is 14.2. The molecule has 3 atom stereocenters. The summed E-state index contributed by atoms with van der Waals surface area (Å²) in [7, 11) is 1.69. The van der Waals surface area contributed by atoms with Crippen molar-refractivity contribution in [2.45, 2.75) is 38.0 Å². The summed E-state index contributed by atoms with van der Waals surface area (Å²) in [5.41, 5.74) is 1.09. The number of fused-ring (bicyclic) bond motifs is 1. The lowest BCUT2D eigenvalue weighted by atomic mass is 10.0. The van der Waals surface area contributed by atoms with Crippen LogP contribution >= 0.6 is 0 Å². The number of hydrogen-bond acceptors (Lipinski definition) is 5. The largest absolute Gasteiger partial charge is 0.496 e. The Hall–Kier alpha value is -2.73. The van der Waals surface area contributed by atoms with E-state index >= 15 is 0 Å². The Morgan fingerprint density at radius 2 is 1.76 bits per heavy atom. The van der Waals surface area contributed by atoms with Gasteiger partial charge in [0, 0.05) is 12.1 Å². The number of nitrogens with one attached hydrogen (secondary N) is 1. The number of methoxy groups -OCH3 is 1. The predicted molar refractivity (Wildman–Crippen MR) is 110 cm³/mol. The van der Waals surface area contributed by atoms with Gasteiger partial charge in [0.15, 0.2) is 11.5 Å². The van der Waals surface area contributed by atoms with Gasteiger partial charge in [-0.1, -0.05) is 30.3 Å². The summed E-state index contributed by atoms with van der Waals surface area (Å²) >= 11 is 0. The van der Waals surface area contributed by atoms with Crippen LogP contribution in [0, 0.1) is 0 Å². The van der Waals surface area contributed by atoms with Gasteiger partial charge in [0.1, 0.15) is 11.9 Å². The van der Waals surface area contributed by atoms with Crippen LogP contribution in [0.15, 0.2) is 48.5 Å². The molecule has 0 aliphatic carbocycles. The van der Waals surface area contributed by atoms with E-state index < -0.39 is 6.10 Å². The molecule has 29 heavy (non-hydrogen) atoms. The second-order valence-corrected chi connectivity index (χ2v) is 7.55. The van der Waals surface area contributed by atoms with Gasteiger partial charge >= 0.3 is 0 Å². The minimum Gasteiger partial charge on any atom is -0.496 e. The number of hydrogen-bond donors (Lipinski definition) is 1. The molecule has 2 heterocycles. The van der Waals surface area contributed by atoms with Crippen LogP contribution in [-0.4, -0.2) is 49.8 Å². The maximum absolute atomic E-state index is 13.0. The number of amides is 1. The van der Waals surface area contributed by atoms with Crippen LogP contribution in [0.3, 0.4) is 0 Å². The maximum atomic E-state index is 13.0. The average Bonchev–Trinajstić information content (AvgIpc) is 3.28. The van der Waals surface area contributed by atoms with Gasteiger partial charge in [0.25, 0.3) is 5.91 Å². The van der Waals surface area contributed by atoms with Gasteiger partial charge in [0.2, 0.25) is 6.10 Å². The number of likely N-dealkylation sites (tertiary alicyclic amines) is 1. The first-order valence-corrected chi connectivity index (χ1v) is 10.2. The summed E-state index contributed by atoms with van der Waals surface area (Å²) in [6.07, 6.45) is 1.31. The molecule has 1 saturated heterocycles. The summed E-state index contributed by atoms with van der Waals surface area (Å²) < 4.78 is 17.4. The molecule has 3 unspecified atom stereocenters. The number of ether oxygens (including phenoxy) is 3. The molecule has 2 aliphatic rings. The van der Waals surface area contributed by atoms with Crippen LogP contribution in [0.4, 0.5) is 0 Å². The van der Waals surface area contributed by atoms with Crippen molar-refractivity contribution in [3.63, 3.8) is 0 Å². The summed E-state index contributed by atoms with van der Waals surface area (Å²) in [6, 6.07) is 15.5. The molecule has 0 saturated carbocycles. The maximum Gasteiger partial charge on any atom is 0.265 e. The highest BCUT2D eigenvalue weighted by molar-refractivity contribution is 5.82. The molecule has 6 heteroatoms. The Labute approximate surface area is 171 Å². The van der Waals surface area contributed by atoms with Gasteiger partial charge < -0.3 is 19.5 Å². The lowest BCUT2D eigenvalue weighted by Crippen LogP contribution is -2.50. The quantitative estimate of drug-likeness (QED) is 0.813. The first kappa shape index (κ1) is 19.6. The van der Waals surface area contributed by atoms with Crippen LogP contribution in [0.2, 0.25) is 0 Å². The highest BCUT2D eigenvalue weighted by atomic mass is 16.6. The van der Waals surface area contributed by atoms with Crippen molar-refractivity contribution in [1.82, 2.24) is 10.2 Å². The summed E-state index contributed by atoms with van der Waals surface area (Å²) in [6.45, 7) is 4.39. The monoisotopic (exact) mass is 396 g/mol. The second kappa shape index (κ2) is 8.74. The van der Waals surface area contributed by atoms with E-state index in [0.717, 1.165) is 24.4 Å². The van der Waals surface area contributed by atoms with Gasteiger partial charge in [-0.05, 0) is 51.1 Å². The smallest absolute Gasteiger partial charge is 0.265 e. The molecule has 1 fully saturated rings. The highest BCUT2D eigenvalue weighted by Crippen LogP contribution is 2.34. The molecule has 0 radical (unpaired) electrons. The van der Waals surface area contributed by atoms with E-state index in [1.165, 1.54) is 12.8 Å². The highest BCUT2D eigenvalue weighted by Gasteiger charge is 2.35. The minimum absolute atomic E-state index is 0.0599. The topological polar surface area (TPSA) is 60.0 Å². The van der Waals surface area contributed by atoms with E-state index in [1.807, 2.05) is 49.4 Å². The normalized spacial score (nSPS) is 22.1. The van der Waals surface area contributed by atoms with Crippen LogP contribution in [0.25, 0.3) is 0 Å². The van der Waals surface area contributed by atoms with Crippen molar-refractivity contribution in [2.24, 2.45) is 0 Å². The van der Waals surface area contributed by atoms with Crippen molar-refractivity contribution >= 4 is 5.91 Å². The van der Waals surface area contributed by atoms with Crippen molar-refractivity contribution < 1.29 is 19.0 Å². The Bertz CT molecular complexity index is 850. The molecule has 2 aromatic carbocycles. The van der Waals surface area contributed by atoms with Gasteiger partial charge in [-0.15, -0.1) is 0 Å². The summed E-state index contributed by atoms with van der Waals surface area (Å²) in [5, 5.41) is 3.10. The first-order valence-electron chi connectivity index (χ1n) is 10.2. The molecular weight excluding hydrogens is 368 g/mol. The van der Waals surface area contributed by atoms with E-state index in [9.17, 15) is 4.79 Å². The Balaban J connectivity index is 1.48. The van der Waals surface area contributed by atoms with Gasteiger partial charge in [-0.25, -0.2) is 0 Å². The van der Waals surface area contributed by atoms with E-state index in [1.54, 1.807) is 7.11 Å². The number of nitrogens with zero attached hydrogens (tertiary/aromatic N) is 1. The van der Waals surface area contributed by atoms with Crippen LogP contribution < -0.4 is 19.5 Å². The lowest BCUT2D eigenvalue weighted by Gasteiger charge is -2.33. The molecule has 0 aromatic heterocycles. The van der Waals surface area contributed by atoms with Crippen molar-refractivity contribution in [2.75, 3.05) is 26.7 Å². The fourth-order valence-electron chi connectivity index (χ4n) is 4.13. The Kier molecular flexibility index (Phi) is 5.90. The second-order valence-electron chi connectivity index (χ2n) is 7.55. The van der Waals surface area contributed by atoms with E-state index in [2.05, 4.69) is 16.3 Å². The zero-order valence-corrected chi connectivity index (χ0v) is 17.0. The van der Waals surface area contributed by atoms with E-state index in [-0.39, 0.29) is 18.1 Å². The number of carbonyl (C=O) groups excluding carboxylic acids is 1. The molecular formula is C23H28N2O4. The third-order valence-electron chi connectivity index (χ3n) is 5.65. The molecule has 1 N–H and O–H groups in total. The molecule has 4 rings (SSSR count). The third-order valence-corrected chi connectivity index (χ3v) is 5.65. The lowest BCUT2D eigenvalue weighted by molar-refractivity contribution is -0.133. The molecule has 1 amide bonds. The molecule has 2 aromatic rings. The SMILES string of the molecule is COc1ccccc1C(CNC(=O)C1Oc2ccccc2OC1C)N1CCCC1. The standard InChI is InChI=1S/C23H28N2O4/c1-16-22(29-21-12-6-5-11-20(21)28-16)23(26)24-15-18(25-13-7-8-14-25)17-9-3-4-10-19(17)27-2/h3-6,9-12,16,18,22H,7-8,13-15H2,1-2H3,(H,24,26). The average molecular weight is 396 g/mol. The summed E-state index contributed by atoms with van der Waals surface area (Å²) in [5.74, 6) is 1.96. The molecule has 0 spiro atoms. The van der Waals surface area contributed by atoms with E-state index in [4.69, 9.17) is 14.2 Å². The fourth-order valence-corrected chi connectivity index (χ4v) is 4.13. The van der Waals surface area contributed by atoms with Crippen molar-refractivity contribution in [3.05, 3.63) is 54.1 Å².